The molecule has 1 aromatic heterocycles. The number of hydrogen-bond acceptors (Lipinski definition) is 6. The van der Waals surface area contributed by atoms with E-state index in [1.54, 1.807) is 19.1 Å². The van der Waals surface area contributed by atoms with Crippen LogP contribution >= 0.6 is 0 Å². The molecule has 0 saturated carbocycles. The van der Waals surface area contributed by atoms with E-state index in [0.717, 1.165) is 0 Å². The van der Waals surface area contributed by atoms with Crippen molar-refractivity contribution in [3.8, 4) is 11.5 Å². The van der Waals surface area contributed by atoms with E-state index >= 15 is 0 Å². The lowest BCUT2D eigenvalue weighted by atomic mass is 10.3. The standard InChI is InChI=1S/C14H16N2O5S/c1-10-7-11(15-21-10)9-16(2)22(17,18)12-3-4-13-14(8-12)20-6-5-19-13/h3-4,7-8H,5-6,9H2,1-2H3. The van der Waals surface area contributed by atoms with E-state index in [1.165, 1.54) is 23.5 Å². The molecule has 118 valence electrons. The van der Waals surface area contributed by atoms with Gasteiger partial charge in [-0.2, -0.15) is 4.31 Å². The van der Waals surface area contributed by atoms with Crippen molar-refractivity contribution in [1.29, 1.82) is 0 Å². The Balaban J connectivity index is 1.85. The van der Waals surface area contributed by atoms with Crippen LogP contribution in [0.2, 0.25) is 0 Å². The molecule has 0 atom stereocenters. The third-order valence-corrected chi connectivity index (χ3v) is 5.08. The lowest BCUT2D eigenvalue weighted by Gasteiger charge is -2.20. The second-order valence-corrected chi connectivity index (χ2v) is 7.04. The second kappa shape index (κ2) is 5.62. The van der Waals surface area contributed by atoms with Gasteiger partial charge in [-0.25, -0.2) is 8.42 Å². The van der Waals surface area contributed by atoms with Gasteiger partial charge in [-0.1, -0.05) is 5.16 Å². The third-order valence-electron chi connectivity index (χ3n) is 3.28. The van der Waals surface area contributed by atoms with E-state index in [9.17, 15) is 8.42 Å². The van der Waals surface area contributed by atoms with Gasteiger partial charge in [-0.05, 0) is 19.1 Å². The normalized spacial score (nSPS) is 14.3. The highest BCUT2D eigenvalue weighted by atomic mass is 32.2. The van der Waals surface area contributed by atoms with Crippen LogP contribution in [-0.4, -0.2) is 38.1 Å². The zero-order valence-electron chi connectivity index (χ0n) is 12.3. The summed E-state index contributed by atoms with van der Waals surface area (Å²) >= 11 is 0. The van der Waals surface area contributed by atoms with Crippen molar-refractivity contribution in [1.82, 2.24) is 9.46 Å². The molecular weight excluding hydrogens is 308 g/mol. The first-order valence-corrected chi connectivity index (χ1v) is 8.19. The number of rotatable bonds is 4. The summed E-state index contributed by atoms with van der Waals surface area (Å²) in [5.41, 5.74) is 0.557. The van der Waals surface area contributed by atoms with Crippen molar-refractivity contribution in [2.75, 3.05) is 20.3 Å². The predicted molar refractivity (Wildman–Crippen MR) is 77.3 cm³/mol. The van der Waals surface area contributed by atoms with Gasteiger partial charge in [0.2, 0.25) is 10.0 Å². The molecule has 8 heteroatoms. The van der Waals surface area contributed by atoms with E-state index < -0.39 is 10.0 Å². The highest BCUT2D eigenvalue weighted by molar-refractivity contribution is 7.89. The molecular formula is C14H16N2O5S. The highest BCUT2D eigenvalue weighted by Gasteiger charge is 2.24. The quantitative estimate of drug-likeness (QED) is 0.849. The number of sulfonamides is 1. The number of nitrogens with zero attached hydrogens (tertiary/aromatic N) is 2. The minimum atomic E-state index is -3.65. The van der Waals surface area contributed by atoms with Crippen molar-refractivity contribution in [3.05, 3.63) is 35.7 Å². The zero-order chi connectivity index (χ0) is 15.7. The first-order valence-electron chi connectivity index (χ1n) is 6.75. The fourth-order valence-electron chi connectivity index (χ4n) is 2.17. The number of aryl methyl sites for hydroxylation is 1. The molecule has 0 amide bonds. The molecule has 0 bridgehead atoms. The topological polar surface area (TPSA) is 81.9 Å². The van der Waals surface area contributed by atoms with Crippen LogP contribution in [0.1, 0.15) is 11.5 Å². The maximum atomic E-state index is 12.6. The summed E-state index contributed by atoms with van der Waals surface area (Å²) < 4.78 is 42.2. The molecule has 1 aliphatic rings. The average Bonchev–Trinajstić information content (AvgIpc) is 2.91. The molecule has 1 aromatic carbocycles. The second-order valence-electron chi connectivity index (χ2n) is 5.00. The Morgan fingerprint density at radius 1 is 1.18 bits per heavy atom. The first kappa shape index (κ1) is 14.9. The molecule has 0 fully saturated rings. The average molecular weight is 324 g/mol. The van der Waals surface area contributed by atoms with E-state index in [1.807, 2.05) is 0 Å². The molecule has 22 heavy (non-hydrogen) atoms. The summed E-state index contributed by atoms with van der Waals surface area (Å²) in [6.45, 7) is 2.76. The SMILES string of the molecule is Cc1cc(CN(C)S(=O)(=O)c2ccc3c(c2)OCCO3)no1. The van der Waals surface area contributed by atoms with Gasteiger partial charge >= 0.3 is 0 Å². The fourth-order valence-corrected chi connectivity index (χ4v) is 3.33. The molecule has 0 radical (unpaired) electrons. The molecule has 2 aromatic rings. The van der Waals surface area contributed by atoms with Crippen LogP contribution in [0.15, 0.2) is 33.7 Å². The van der Waals surface area contributed by atoms with Gasteiger partial charge in [0.15, 0.2) is 11.5 Å². The Labute approximate surface area is 128 Å². The van der Waals surface area contributed by atoms with Gasteiger partial charge in [-0.15, -0.1) is 0 Å². The van der Waals surface area contributed by atoms with Crippen LogP contribution in [0.3, 0.4) is 0 Å². The summed E-state index contributed by atoms with van der Waals surface area (Å²) in [6.07, 6.45) is 0. The first-order chi connectivity index (χ1) is 10.5. The Morgan fingerprint density at radius 2 is 1.91 bits per heavy atom. The van der Waals surface area contributed by atoms with Crippen molar-refractivity contribution < 1.29 is 22.4 Å². The van der Waals surface area contributed by atoms with Gasteiger partial charge < -0.3 is 14.0 Å². The molecule has 7 nitrogen and oxygen atoms in total. The highest BCUT2D eigenvalue weighted by Crippen LogP contribution is 2.33. The van der Waals surface area contributed by atoms with E-state index in [0.29, 0.717) is 36.2 Å². The Kier molecular flexibility index (Phi) is 3.79. The van der Waals surface area contributed by atoms with Crippen molar-refractivity contribution in [2.24, 2.45) is 0 Å². The number of fused-ring (bicyclic) bond motifs is 1. The van der Waals surface area contributed by atoms with E-state index in [2.05, 4.69) is 5.16 Å². The van der Waals surface area contributed by atoms with Gasteiger partial charge in [0.25, 0.3) is 0 Å². The van der Waals surface area contributed by atoms with Crippen molar-refractivity contribution in [3.63, 3.8) is 0 Å². The van der Waals surface area contributed by atoms with Crippen molar-refractivity contribution >= 4 is 10.0 Å². The molecule has 0 saturated heterocycles. The zero-order valence-corrected chi connectivity index (χ0v) is 13.1. The number of ether oxygens (including phenoxy) is 2. The van der Waals surface area contributed by atoms with E-state index in [-0.39, 0.29) is 11.4 Å². The molecule has 0 aliphatic carbocycles. The maximum absolute atomic E-state index is 12.6. The summed E-state index contributed by atoms with van der Waals surface area (Å²) in [5, 5.41) is 3.81. The summed E-state index contributed by atoms with van der Waals surface area (Å²) in [5.74, 6) is 1.64. The molecule has 3 rings (SSSR count). The van der Waals surface area contributed by atoms with Crippen LogP contribution in [0.5, 0.6) is 11.5 Å². The number of benzene rings is 1. The smallest absolute Gasteiger partial charge is 0.243 e. The molecule has 0 unspecified atom stereocenters. The lowest BCUT2D eigenvalue weighted by molar-refractivity contribution is 0.171. The van der Waals surface area contributed by atoms with E-state index in [4.69, 9.17) is 14.0 Å². The summed E-state index contributed by atoms with van der Waals surface area (Å²) in [6, 6.07) is 6.30. The van der Waals surface area contributed by atoms with Crippen LogP contribution in [0.25, 0.3) is 0 Å². The minimum Gasteiger partial charge on any atom is -0.486 e. The largest absolute Gasteiger partial charge is 0.486 e. The van der Waals surface area contributed by atoms with Crippen LogP contribution in [0, 0.1) is 6.92 Å². The van der Waals surface area contributed by atoms with Crippen molar-refractivity contribution in [2.45, 2.75) is 18.4 Å². The molecule has 0 N–H and O–H groups in total. The lowest BCUT2D eigenvalue weighted by Crippen LogP contribution is -2.27. The maximum Gasteiger partial charge on any atom is 0.243 e. The van der Waals surface area contributed by atoms with Crippen LogP contribution < -0.4 is 9.47 Å². The monoisotopic (exact) mass is 324 g/mol. The molecule has 2 heterocycles. The number of aromatic nitrogens is 1. The van der Waals surface area contributed by atoms with Gasteiger partial charge in [0.1, 0.15) is 19.0 Å². The summed E-state index contributed by atoms with van der Waals surface area (Å²) in [7, 11) is -2.15. The fraction of sp³-hybridized carbons (Fsp3) is 0.357. The molecule has 0 spiro atoms. The Bertz CT molecular complexity index is 784. The predicted octanol–water partition coefficient (Wildman–Crippen LogP) is 1.57. The third kappa shape index (κ3) is 2.79. The van der Waals surface area contributed by atoms with Crippen LogP contribution in [0.4, 0.5) is 0 Å². The van der Waals surface area contributed by atoms with Gasteiger partial charge in [0, 0.05) is 19.2 Å². The summed E-state index contributed by atoms with van der Waals surface area (Å²) in [4.78, 5) is 0.152. The Morgan fingerprint density at radius 3 is 2.59 bits per heavy atom. The van der Waals surface area contributed by atoms with Crippen LogP contribution in [-0.2, 0) is 16.6 Å². The minimum absolute atomic E-state index is 0.133. The number of hydrogen-bond donors (Lipinski definition) is 0. The van der Waals surface area contributed by atoms with Gasteiger partial charge in [-0.3, -0.25) is 0 Å². The molecule has 1 aliphatic heterocycles. The Hall–Kier alpha value is -2.06. The van der Waals surface area contributed by atoms with Gasteiger partial charge in [0.05, 0.1) is 17.1 Å².